The normalized spacial score (nSPS) is 10.3. The van der Waals surface area contributed by atoms with E-state index in [1.807, 2.05) is 0 Å². The first-order valence-electron chi connectivity index (χ1n) is 5.59. The Bertz CT molecular complexity index is 665. The van der Waals surface area contributed by atoms with E-state index >= 15 is 0 Å². The molecule has 2 aromatic carbocycles. The number of nitro groups is 1. The molecule has 104 valence electrons. The van der Waals surface area contributed by atoms with E-state index in [1.54, 1.807) is 18.2 Å². The van der Waals surface area contributed by atoms with Gasteiger partial charge in [-0.2, -0.15) is 0 Å². The predicted octanol–water partition coefficient (Wildman–Crippen LogP) is 4.87. The van der Waals surface area contributed by atoms with E-state index in [1.165, 1.54) is 18.2 Å². The lowest BCUT2D eigenvalue weighted by atomic mass is 10.1. The number of hydrogen-bond donors (Lipinski definition) is 1. The van der Waals surface area contributed by atoms with Gasteiger partial charge in [-0.1, -0.05) is 15.9 Å². The minimum absolute atomic E-state index is 0.0215. The molecule has 0 fully saturated rings. The Morgan fingerprint density at radius 3 is 2.65 bits per heavy atom. The van der Waals surface area contributed by atoms with Crippen LogP contribution in [0.25, 0.3) is 0 Å². The molecule has 0 bridgehead atoms. The molecule has 0 aliphatic rings. The minimum Gasteiger partial charge on any atom is -0.380 e. The van der Waals surface area contributed by atoms with Gasteiger partial charge in [-0.15, -0.1) is 0 Å². The first-order chi connectivity index (χ1) is 9.47. The molecule has 7 heteroatoms. The van der Waals surface area contributed by atoms with Crippen molar-refractivity contribution in [3.63, 3.8) is 0 Å². The summed E-state index contributed by atoms with van der Waals surface area (Å²) in [5, 5.41) is 13.9. The Hall–Kier alpha value is -1.47. The summed E-state index contributed by atoms with van der Waals surface area (Å²) < 4.78 is 14.6. The van der Waals surface area contributed by atoms with Crippen LogP contribution in [0.15, 0.2) is 45.3 Å². The molecule has 0 unspecified atom stereocenters. The number of nitro benzene ring substituents is 1. The lowest BCUT2D eigenvalue weighted by Crippen LogP contribution is -2.04. The summed E-state index contributed by atoms with van der Waals surface area (Å²) >= 11 is 6.57. The van der Waals surface area contributed by atoms with Crippen LogP contribution in [0, 0.1) is 15.9 Å². The van der Waals surface area contributed by atoms with E-state index in [0.717, 1.165) is 4.47 Å². The number of rotatable bonds is 4. The molecule has 0 aliphatic heterocycles. The lowest BCUT2D eigenvalue weighted by Gasteiger charge is -2.09. The van der Waals surface area contributed by atoms with Crippen molar-refractivity contribution in [3.8, 4) is 0 Å². The summed E-state index contributed by atoms with van der Waals surface area (Å²) in [6.07, 6.45) is 0. The Kier molecular flexibility index (Phi) is 4.72. The quantitative estimate of drug-likeness (QED) is 0.585. The molecule has 0 aromatic heterocycles. The summed E-state index contributed by atoms with van der Waals surface area (Å²) in [5.74, 6) is -0.376. The van der Waals surface area contributed by atoms with E-state index in [0.29, 0.717) is 15.7 Å². The van der Waals surface area contributed by atoms with Crippen molar-refractivity contribution in [2.45, 2.75) is 6.54 Å². The third-order valence-electron chi connectivity index (χ3n) is 2.64. The largest absolute Gasteiger partial charge is 0.380 e. The summed E-state index contributed by atoms with van der Waals surface area (Å²) in [7, 11) is 0. The van der Waals surface area contributed by atoms with Gasteiger partial charge in [-0.05, 0) is 46.3 Å². The molecule has 0 heterocycles. The standard InChI is InChI=1S/C13H9Br2FN2O2/c14-9-1-4-13(18(19)20)8(5-9)7-17-12-6-10(16)2-3-11(12)15/h1-6,17H,7H2. The summed E-state index contributed by atoms with van der Waals surface area (Å²) in [4.78, 5) is 10.5. The van der Waals surface area contributed by atoms with E-state index in [9.17, 15) is 14.5 Å². The molecule has 20 heavy (non-hydrogen) atoms. The van der Waals surface area contributed by atoms with Crippen LogP contribution in [-0.4, -0.2) is 4.92 Å². The second kappa shape index (κ2) is 6.32. The number of benzene rings is 2. The SMILES string of the molecule is O=[N+]([O-])c1ccc(Br)cc1CNc1cc(F)ccc1Br. The fourth-order valence-electron chi connectivity index (χ4n) is 1.70. The van der Waals surface area contributed by atoms with E-state index in [-0.39, 0.29) is 18.0 Å². The van der Waals surface area contributed by atoms with Crippen molar-refractivity contribution in [2.75, 3.05) is 5.32 Å². The molecule has 0 saturated heterocycles. The predicted molar refractivity (Wildman–Crippen MR) is 82.2 cm³/mol. The maximum absolute atomic E-state index is 13.2. The average molecular weight is 404 g/mol. The second-order valence-electron chi connectivity index (χ2n) is 4.01. The van der Waals surface area contributed by atoms with Crippen molar-refractivity contribution < 1.29 is 9.31 Å². The molecule has 0 aliphatic carbocycles. The van der Waals surface area contributed by atoms with Crippen LogP contribution in [0.3, 0.4) is 0 Å². The van der Waals surface area contributed by atoms with Gasteiger partial charge in [0.1, 0.15) is 5.82 Å². The molecular weight excluding hydrogens is 395 g/mol. The number of nitrogens with one attached hydrogen (secondary N) is 1. The van der Waals surface area contributed by atoms with Crippen LogP contribution < -0.4 is 5.32 Å². The molecule has 0 amide bonds. The monoisotopic (exact) mass is 402 g/mol. The number of nitrogens with zero attached hydrogens (tertiary/aromatic N) is 1. The third-order valence-corrected chi connectivity index (χ3v) is 3.82. The number of halogens is 3. The van der Waals surface area contributed by atoms with Crippen molar-refractivity contribution >= 4 is 43.2 Å². The molecule has 0 radical (unpaired) electrons. The van der Waals surface area contributed by atoms with E-state index in [2.05, 4.69) is 37.2 Å². The molecule has 2 rings (SSSR count). The van der Waals surface area contributed by atoms with Crippen molar-refractivity contribution in [1.29, 1.82) is 0 Å². The molecule has 4 nitrogen and oxygen atoms in total. The van der Waals surface area contributed by atoms with Crippen LogP contribution in [0.2, 0.25) is 0 Å². The lowest BCUT2D eigenvalue weighted by molar-refractivity contribution is -0.385. The van der Waals surface area contributed by atoms with Gasteiger partial charge in [0, 0.05) is 27.1 Å². The zero-order chi connectivity index (χ0) is 14.7. The molecule has 1 N–H and O–H groups in total. The summed E-state index contributed by atoms with van der Waals surface area (Å²) in [6, 6.07) is 8.94. The fourth-order valence-corrected chi connectivity index (χ4v) is 2.49. The van der Waals surface area contributed by atoms with Crippen LogP contribution >= 0.6 is 31.9 Å². The first-order valence-corrected chi connectivity index (χ1v) is 7.17. The zero-order valence-electron chi connectivity index (χ0n) is 10.1. The summed E-state index contributed by atoms with van der Waals surface area (Å²) in [5.41, 5.74) is 1.08. The minimum atomic E-state index is -0.440. The topological polar surface area (TPSA) is 55.2 Å². The highest BCUT2D eigenvalue weighted by Gasteiger charge is 2.14. The number of anilines is 1. The van der Waals surface area contributed by atoms with Gasteiger partial charge in [0.25, 0.3) is 5.69 Å². The highest BCUT2D eigenvalue weighted by atomic mass is 79.9. The van der Waals surface area contributed by atoms with Crippen molar-refractivity contribution in [3.05, 3.63) is 66.8 Å². The van der Waals surface area contributed by atoms with Gasteiger partial charge in [0.15, 0.2) is 0 Å². The first kappa shape index (κ1) is 14.9. The van der Waals surface area contributed by atoms with Crippen LogP contribution in [0.1, 0.15) is 5.56 Å². The maximum atomic E-state index is 13.2. The Balaban J connectivity index is 2.24. The smallest absolute Gasteiger partial charge is 0.274 e. The van der Waals surface area contributed by atoms with Gasteiger partial charge >= 0.3 is 0 Å². The van der Waals surface area contributed by atoms with E-state index in [4.69, 9.17) is 0 Å². The number of hydrogen-bond acceptors (Lipinski definition) is 3. The maximum Gasteiger partial charge on any atom is 0.274 e. The van der Waals surface area contributed by atoms with Gasteiger partial charge in [0.05, 0.1) is 10.6 Å². The molecule has 0 spiro atoms. The highest BCUT2D eigenvalue weighted by molar-refractivity contribution is 9.10. The fraction of sp³-hybridized carbons (Fsp3) is 0.0769. The molecule has 0 atom stereocenters. The Labute approximate surface area is 131 Å². The second-order valence-corrected chi connectivity index (χ2v) is 5.78. The zero-order valence-corrected chi connectivity index (χ0v) is 13.2. The summed E-state index contributed by atoms with van der Waals surface area (Å²) in [6.45, 7) is 0.220. The van der Waals surface area contributed by atoms with Gasteiger partial charge in [-0.25, -0.2) is 4.39 Å². The van der Waals surface area contributed by atoms with Crippen LogP contribution in [-0.2, 0) is 6.54 Å². The Morgan fingerprint density at radius 2 is 1.95 bits per heavy atom. The molecule has 2 aromatic rings. The van der Waals surface area contributed by atoms with Crippen LogP contribution in [0.4, 0.5) is 15.8 Å². The highest BCUT2D eigenvalue weighted by Crippen LogP contribution is 2.27. The van der Waals surface area contributed by atoms with E-state index < -0.39 is 4.92 Å². The molecule has 0 saturated carbocycles. The Morgan fingerprint density at radius 1 is 1.20 bits per heavy atom. The van der Waals surface area contributed by atoms with Crippen LogP contribution in [0.5, 0.6) is 0 Å². The molecular formula is C13H9Br2FN2O2. The van der Waals surface area contributed by atoms with Crippen molar-refractivity contribution in [1.82, 2.24) is 0 Å². The van der Waals surface area contributed by atoms with Gasteiger partial charge in [-0.3, -0.25) is 10.1 Å². The average Bonchev–Trinajstić information content (AvgIpc) is 2.39. The van der Waals surface area contributed by atoms with Gasteiger partial charge < -0.3 is 5.32 Å². The van der Waals surface area contributed by atoms with Crippen molar-refractivity contribution in [2.24, 2.45) is 0 Å². The third kappa shape index (κ3) is 3.55. The van der Waals surface area contributed by atoms with Gasteiger partial charge in [0.2, 0.25) is 0 Å².